The van der Waals surface area contributed by atoms with Gasteiger partial charge in [-0.2, -0.15) is 0 Å². The molecule has 23 heavy (non-hydrogen) atoms. The van der Waals surface area contributed by atoms with Gasteiger partial charge in [0.15, 0.2) is 0 Å². The Morgan fingerprint density at radius 1 is 1.17 bits per heavy atom. The molecule has 0 bridgehead atoms. The zero-order chi connectivity index (χ0) is 16.4. The second-order valence-corrected chi connectivity index (χ2v) is 7.02. The monoisotopic (exact) mass is 318 g/mol. The molecule has 3 rings (SSSR count). The van der Waals surface area contributed by atoms with E-state index >= 15 is 0 Å². The number of nitrogens with zero attached hydrogens (tertiary/aromatic N) is 2. The number of nitrogens with two attached hydrogens (primary N) is 2. The van der Waals surface area contributed by atoms with Crippen LogP contribution in [0.25, 0.3) is 0 Å². The summed E-state index contributed by atoms with van der Waals surface area (Å²) in [5.74, 6) is 0.391. The van der Waals surface area contributed by atoms with Crippen molar-refractivity contribution in [2.75, 3.05) is 18.0 Å². The predicted molar refractivity (Wildman–Crippen MR) is 91.4 cm³/mol. The van der Waals surface area contributed by atoms with Crippen molar-refractivity contribution >= 4 is 11.4 Å². The van der Waals surface area contributed by atoms with Gasteiger partial charge in [0, 0.05) is 42.5 Å². The van der Waals surface area contributed by atoms with E-state index in [1.165, 1.54) is 6.42 Å². The zero-order valence-corrected chi connectivity index (χ0v) is 13.5. The third-order valence-corrected chi connectivity index (χ3v) is 5.67. The van der Waals surface area contributed by atoms with Crippen LogP contribution in [0.2, 0.25) is 0 Å². The normalized spacial score (nSPS) is 31.8. The number of hydrogen-bond donors (Lipinski definition) is 2. The molecule has 6 heteroatoms. The molecule has 6 nitrogen and oxygen atoms in total. The largest absolute Gasteiger partial charge is 0.371 e. The Morgan fingerprint density at radius 2 is 1.91 bits per heavy atom. The molecule has 4 N–H and O–H groups in total. The molecule has 0 amide bonds. The van der Waals surface area contributed by atoms with Crippen molar-refractivity contribution in [2.45, 2.75) is 50.1 Å². The third-order valence-electron chi connectivity index (χ3n) is 5.67. The van der Waals surface area contributed by atoms with Gasteiger partial charge in [-0.1, -0.05) is 12.8 Å². The van der Waals surface area contributed by atoms with Crippen LogP contribution in [0.1, 0.15) is 38.5 Å². The molecule has 3 atom stereocenters. The third kappa shape index (κ3) is 3.19. The first-order valence-corrected chi connectivity index (χ1v) is 8.54. The first-order valence-electron chi connectivity index (χ1n) is 8.54. The van der Waals surface area contributed by atoms with Crippen LogP contribution in [-0.4, -0.2) is 29.6 Å². The van der Waals surface area contributed by atoms with E-state index in [1.807, 2.05) is 12.1 Å². The van der Waals surface area contributed by atoms with Gasteiger partial charge < -0.3 is 16.4 Å². The first kappa shape index (κ1) is 16.2. The summed E-state index contributed by atoms with van der Waals surface area (Å²) in [7, 11) is 0. The Kier molecular flexibility index (Phi) is 4.55. The smallest absolute Gasteiger partial charge is 0.269 e. The lowest BCUT2D eigenvalue weighted by Gasteiger charge is -2.49. The maximum absolute atomic E-state index is 10.8. The molecule has 1 saturated heterocycles. The summed E-state index contributed by atoms with van der Waals surface area (Å²) in [5, 5.41) is 10.8. The Hall–Kier alpha value is -1.66. The molecule has 0 radical (unpaired) electrons. The molecule has 0 aromatic heterocycles. The summed E-state index contributed by atoms with van der Waals surface area (Å²) in [6.07, 6.45) is 6.58. The Balaban J connectivity index is 1.74. The van der Waals surface area contributed by atoms with Crippen LogP contribution in [0.3, 0.4) is 0 Å². The van der Waals surface area contributed by atoms with Gasteiger partial charge in [-0.15, -0.1) is 0 Å². The van der Waals surface area contributed by atoms with Crippen LogP contribution in [0.5, 0.6) is 0 Å². The summed E-state index contributed by atoms with van der Waals surface area (Å²) < 4.78 is 0. The van der Waals surface area contributed by atoms with E-state index in [0.29, 0.717) is 5.92 Å². The summed E-state index contributed by atoms with van der Waals surface area (Å²) >= 11 is 0. The van der Waals surface area contributed by atoms with E-state index in [0.717, 1.165) is 50.9 Å². The number of anilines is 1. The lowest BCUT2D eigenvalue weighted by atomic mass is 9.68. The van der Waals surface area contributed by atoms with Crippen molar-refractivity contribution in [3.8, 4) is 0 Å². The van der Waals surface area contributed by atoms with Crippen molar-refractivity contribution < 1.29 is 4.92 Å². The first-order chi connectivity index (χ1) is 11.0. The van der Waals surface area contributed by atoms with E-state index in [9.17, 15) is 10.1 Å². The number of piperidine rings is 1. The van der Waals surface area contributed by atoms with E-state index < -0.39 is 0 Å². The molecule has 2 unspecified atom stereocenters. The number of rotatable bonds is 3. The summed E-state index contributed by atoms with van der Waals surface area (Å²) in [6.45, 7) is 1.86. The molecular formula is C17H26N4O2. The van der Waals surface area contributed by atoms with Crippen molar-refractivity contribution in [2.24, 2.45) is 17.4 Å². The highest BCUT2D eigenvalue weighted by Crippen LogP contribution is 2.37. The van der Waals surface area contributed by atoms with Crippen LogP contribution in [0.15, 0.2) is 24.3 Å². The highest BCUT2D eigenvalue weighted by atomic mass is 16.6. The number of benzene rings is 1. The van der Waals surface area contributed by atoms with Gasteiger partial charge in [-0.05, 0) is 43.7 Å². The van der Waals surface area contributed by atoms with Gasteiger partial charge in [0.2, 0.25) is 0 Å². The molecule has 1 aromatic rings. The number of non-ortho nitro benzene ring substituents is 1. The molecule has 1 aromatic carbocycles. The van der Waals surface area contributed by atoms with Gasteiger partial charge in [0.1, 0.15) is 0 Å². The van der Waals surface area contributed by atoms with Crippen molar-refractivity contribution in [1.29, 1.82) is 0 Å². The second kappa shape index (κ2) is 6.45. The fourth-order valence-corrected chi connectivity index (χ4v) is 4.19. The van der Waals surface area contributed by atoms with E-state index in [2.05, 4.69) is 4.90 Å². The summed E-state index contributed by atoms with van der Waals surface area (Å²) in [5.41, 5.74) is 14.0. The molecule has 0 spiro atoms. The van der Waals surface area contributed by atoms with E-state index in [1.54, 1.807) is 12.1 Å². The summed E-state index contributed by atoms with van der Waals surface area (Å²) in [4.78, 5) is 12.7. The van der Waals surface area contributed by atoms with E-state index in [4.69, 9.17) is 11.5 Å². The molecule has 126 valence electrons. The van der Waals surface area contributed by atoms with Crippen LogP contribution < -0.4 is 16.4 Å². The highest BCUT2D eigenvalue weighted by Gasteiger charge is 2.43. The highest BCUT2D eigenvalue weighted by molar-refractivity contribution is 5.51. The molecule has 1 aliphatic heterocycles. The average Bonchev–Trinajstić information content (AvgIpc) is 2.58. The Bertz CT molecular complexity index is 562. The fourth-order valence-electron chi connectivity index (χ4n) is 4.19. The average molecular weight is 318 g/mol. The van der Waals surface area contributed by atoms with Gasteiger partial charge in [0.25, 0.3) is 5.69 Å². The van der Waals surface area contributed by atoms with Gasteiger partial charge >= 0.3 is 0 Å². The number of hydrogen-bond acceptors (Lipinski definition) is 5. The molecule has 1 saturated carbocycles. The van der Waals surface area contributed by atoms with Crippen molar-refractivity contribution in [3.63, 3.8) is 0 Å². The Labute approximate surface area is 137 Å². The van der Waals surface area contributed by atoms with E-state index in [-0.39, 0.29) is 22.2 Å². The summed E-state index contributed by atoms with van der Waals surface area (Å²) in [6, 6.07) is 6.90. The maximum Gasteiger partial charge on any atom is 0.269 e. The number of nitro benzene ring substituents is 1. The molecule has 2 fully saturated rings. The van der Waals surface area contributed by atoms with Crippen LogP contribution in [-0.2, 0) is 0 Å². The SMILES string of the molecule is NC1CCCC[C@]1(N)C1CCCN(c2ccc([N+](=O)[O-])cc2)C1. The van der Waals surface area contributed by atoms with Crippen molar-refractivity contribution in [1.82, 2.24) is 0 Å². The Morgan fingerprint density at radius 3 is 2.57 bits per heavy atom. The fraction of sp³-hybridized carbons (Fsp3) is 0.647. The van der Waals surface area contributed by atoms with Gasteiger partial charge in [-0.3, -0.25) is 10.1 Å². The maximum atomic E-state index is 10.8. The lowest BCUT2D eigenvalue weighted by molar-refractivity contribution is -0.384. The van der Waals surface area contributed by atoms with Gasteiger partial charge in [-0.25, -0.2) is 0 Å². The number of nitro groups is 1. The topological polar surface area (TPSA) is 98.4 Å². The minimum Gasteiger partial charge on any atom is -0.371 e. The molecule has 1 heterocycles. The quantitative estimate of drug-likeness (QED) is 0.658. The van der Waals surface area contributed by atoms with Crippen LogP contribution >= 0.6 is 0 Å². The second-order valence-electron chi connectivity index (χ2n) is 7.02. The van der Waals surface area contributed by atoms with Crippen LogP contribution in [0, 0.1) is 16.0 Å². The molecular weight excluding hydrogens is 292 g/mol. The minimum atomic E-state index is -0.362. The standard InChI is InChI=1S/C17H26N4O2/c18-16-5-1-2-10-17(16,19)13-4-3-11-20(12-13)14-6-8-15(9-7-14)21(22)23/h6-9,13,16H,1-5,10-12,18-19H2/t13?,16?,17-/m0/s1. The van der Waals surface area contributed by atoms with Crippen LogP contribution in [0.4, 0.5) is 11.4 Å². The zero-order valence-electron chi connectivity index (χ0n) is 13.5. The molecule has 2 aliphatic rings. The molecule has 1 aliphatic carbocycles. The minimum absolute atomic E-state index is 0.0815. The van der Waals surface area contributed by atoms with Gasteiger partial charge in [0.05, 0.1) is 4.92 Å². The van der Waals surface area contributed by atoms with Crippen molar-refractivity contribution in [3.05, 3.63) is 34.4 Å². The predicted octanol–water partition coefficient (Wildman–Crippen LogP) is 2.41. The lowest BCUT2D eigenvalue weighted by Crippen LogP contribution is -2.64.